The van der Waals surface area contributed by atoms with E-state index in [0.717, 1.165) is 6.42 Å². The van der Waals surface area contributed by atoms with Crippen LogP contribution in [0.15, 0.2) is 16.9 Å². The average Bonchev–Trinajstić information content (AvgIpc) is 2.99. The second kappa shape index (κ2) is 5.58. The molecule has 0 saturated heterocycles. The maximum atomic E-state index is 10.8. The summed E-state index contributed by atoms with van der Waals surface area (Å²) < 4.78 is 4.73. The van der Waals surface area contributed by atoms with E-state index in [1.807, 2.05) is 6.92 Å². The number of carboxylic acids is 1. The molecule has 0 aliphatic rings. The van der Waals surface area contributed by atoms with Crippen LogP contribution in [0.5, 0.6) is 0 Å². The maximum Gasteiger partial charge on any atom is 0.323 e. The molecule has 0 unspecified atom stereocenters. The maximum absolute atomic E-state index is 10.8. The summed E-state index contributed by atoms with van der Waals surface area (Å²) >= 11 is 1.30. The van der Waals surface area contributed by atoms with Gasteiger partial charge in [-0.2, -0.15) is 0 Å². The van der Waals surface area contributed by atoms with Crippen molar-refractivity contribution in [2.24, 2.45) is 0 Å². The molecule has 0 fully saturated rings. The SMILES string of the molecule is CCCN(CC(=O)O)c1nnc(-c2ccon2)s1. The number of hydrogen-bond donors (Lipinski definition) is 1. The van der Waals surface area contributed by atoms with Crippen LogP contribution in [0.1, 0.15) is 13.3 Å². The zero-order chi connectivity index (χ0) is 13.0. The van der Waals surface area contributed by atoms with Crippen molar-refractivity contribution in [1.82, 2.24) is 15.4 Å². The first-order valence-electron chi connectivity index (χ1n) is 5.41. The number of aromatic nitrogens is 3. The topological polar surface area (TPSA) is 92.4 Å². The molecule has 2 rings (SSSR count). The molecular weight excluding hydrogens is 256 g/mol. The van der Waals surface area contributed by atoms with Gasteiger partial charge in [-0.3, -0.25) is 4.79 Å². The molecule has 7 nitrogen and oxygen atoms in total. The third-order valence-electron chi connectivity index (χ3n) is 2.16. The molecule has 96 valence electrons. The summed E-state index contributed by atoms with van der Waals surface area (Å²) in [5.74, 6) is -0.887. The van der Waals surface area contributed by atoms with Gasteiger partial charge >= 0.3 is 5.97 Å². The molecule has 0 aliphatic heterocycles. The quantitative estimate of drug-likeness (QED) is 0.848. The minimum Gasteiger partial charge on any atom is -0.480 e. The lowest BCUT2D eigenvalue weighted by molar-refractivity contribution is -0.135. The number of anilines is 1. The zero-order valence-electron chi connectivity index (χ0n) is 9.74. The van der Waals surface area contributed by atoms with E-state index in [4.69, 9.17) is 9.63 Å². The predicted molar refractivity (Wildman–Crippen MR) is 65.5 cm³/mol. The molecule has 0 radical (unpaired) electrons. The third kappa shape index (κ3) is 2.83. The van der Waals surface area contributed by atoms with Crippen LogP contribution in [0, 0.1) is 0 Å². The van der Waals surface area contributed by atoms with E-state index in [9.17, 15) is 4.79 Å². The fourth-order valence-electron chi connectivity index (χ4n) is 1.45. The molecule has 0 spiro atoms. The second-order valence-electron chi connectivity index (χ2n) is 3.59. The van der Waals surface area contributed by atoms with Gasteiger partial charge in [0.15, 0.2) is 5.01 Å². The third-order valence-corrected chi connectivity index (χ3v) is 3.17. The first kappa shape index (κ1) is 12.5. The van der Waals surface area contributed by atoms with E-state index in [-0.39, 0.29) is 6.54 Å². The number of hydrogen-bond acceptors (Lipinski definition) is 7. The van der Waals surface area contributed by atoms with Gasteiger partial charge in [0, 0.05) is 12.6 Å². The van der Waals surface area contributed by atoms with Crippen LogP contribution < -0.4 is 4.90 Å². The van der Waals surface area contributed by atoms with Gasteiger partial charge in [0.2, 0.25) is 5.13 Å². The van der Waals surface area contributed by atoms with Crippen LogP contribution in [-0.2, 0) is 4.79 Å². The lowest BCUT2D eigenvalue weighted by atomic mass is 10.4. The Hall–Kier alpha value is -1.96. The van der Waals surface area contributed by atoms with Crippen LogP contribution in [0.25, 0.3) is 10.7 Å². The summed E-state index contributed by atoms with van der Waals surface area (Å²) in [5, 5.41) is 21.8. The van der Waals surface area contributed by atoms with Crippen molar-refractivity contribution in [3.63, 3.8) is 0 Å². The van der Waals surface area contributed by atoms with E-state index >= 15 is 0 Å². The molecule has 2 aromatic heterocycles. The standard InChI is InChI=1S/C10H12N4O3S/c1-2-4-14(6-8(15)16)10-12-11-9(18-10)7-3-5-17-13-7/h3,5H,2,4,6H2,1H3,(H,15,16). The highest BCUT2D eigenvalue weighted by Crippen LogP contribution is 2.27. The van der Waals surface area contributed by atoms with Gasteiger partial charge in [-0.05, 0) is 6.42 Å². The van der Waals surface area contributed by atoms with Crippen LogP contribution in [0.4, 0.5) is 5.13 Å². The molecule has 2 aromatic rings. The molecular formula is C10H12N4O3S. The van der Waals surface area contributed by atoms with Gasteiger partial charge in [-0.25, -0.2) is 0 Å². The van der Waals surface area contributed by atoms with Gasteiger partial charge in [0.25, 0.3) is 0 Å². The largest absolute Gasteiger partial charge is 0.480 e. The van der Waals surface area contributed by atoms with E-state index in [2.05, 4.69) is 15.4 Å². The lowest BCUT2D eigenvalue weighted by Gasteiger charge is -2.17. The number of rotatable bonds is 6. The summed E-state index contributed by atoms with van der Waals surface area (Å²) in [5.41, 5.74) is 0.602. The minimum absolute atomic E-state index is 0.0821. The zero-order valence-corrected chi connectivity index (χ0v) is 10.6. The van der Waals surface area contributed by atoms with E-state index in [1.54, 1.807) is 11.0 Å². The van der Waals surface area contributed by atoms with Crippen molar-refractivity contribution in [3.8, 4) is 10.7 Å². The van der Waals surface area contributed by atoms with Crippen molar-refractivity contribution >= 4 is 22.4 Å². The van der Waals surface area contributed by atoms with Crippen LogP contribution in [-0.4, -0.2) is 39.5 Å². The van der Waals surface area contributed by atoms with Gasteiger partial charge < -0.3 is 14.5 Å². The summed E-state index contributed by atoms with van der Waals surface area (Å²) in [6.45, 7) is 2.52. The monoisotopic (exact) mass is 268 g/mol. The van der Waals surface area contributed by atoms with E-state index in [1.165, 1.54) is 17.6 Å². The second-order valence-corrected chi connectivity index (χ2v) is 4.55. The van der Waals surface area contributed by atoms with Crippen LogP contribution in [0.2, 0.25) is 0 Å². The number of carboxylic acid groups (broad SMARTS) is 1. The van der Waals surface area contributed by atoms with Gasteiger partial charge in [0.1, 0.15) is 18.5 Å². The summed E-state index contributed by atoms with van der Waals surface area (Å²) in [7, 11) is 0. The summed E-state index contributed by atoms with van der Waals surface area (Å²) in [6, 6.07) is 1.69. The van der Waals surface area contributed by atoms with Gasteiger partial charge in [0.05, 0.1) is 0 Å². The molecule has 0 aromatic carbocycles. The highest BCUT2D eigenvalue weighted by molar-refractivity contribution is 7.18. The Bertz CT molecular complexity index is 511. The highest BCUT2D eigenvalue weighted by Gasteiger charge is 2.16. The van der Waals surface area contributed by atoms with Gasteiger partial charge in [-0.15, -0.1) is 10.2 Å². The van der Waals surface area contributed by atoms with Crippen molar-refractivity contribution in [1.29, 1.82) is 0 Å². The molecule has 0 amide bonds. The summed E-state index contributed by atoms with van der Waals surface area (Å²) in [6.07, 6.45) is 2.30. The molecule has 0 saturated carbocycles. The fourth-order valence-corrected chi connectivity index (χ4v) is 2.28. The smallest absolute Gasteiger partial charge is 0.323 e. The molecule has 0 atom stereocenters. The van der Waals surface area contributed by atoms with Crippen LogP contribution in [0.3, 0.4) is 0 Å². The molecule has 8 heteroatoms. The van der Waals surface area contributed by atoms with Crippen molar-refractivity contribution in [2.75, 3.05) is 18.0 Å². The van der Waals surface area contributed by atoms with Crippen LogP contribution >= 0.6 is 11.3 Å². The molecule has 1 N–H and O–H groups in total. The number of carbonyl (C=O) groups is 1. The Morgan fingerprint density at radius 1 is 1.56 bits per heavy atom. The Labute approximate surface area is 107 Å². The normalized spacial score (nSPS) is 10.5. The average molecular weight is 268 g/mol. The van der Waals surface area contributed by atoms with Crippen molar-refractivity contribution in [2.45, 2.75) is 13.3 Å². The van der Waals surface area contributed by atoms with Crippen molar-refractivity contribution in [3.05, 3.63) is 12.3 Å². The fraction of sp³-hybridized carbons (Fsp3) is 0.400. The Balaban J connectivity index is 2.18. The Kier molecular flexibility index (Phi) is 3.88. The predicted octanol–water partition coefficient (Wildman–Crippen LogP) is 1.49. The number of aliphatic carboxylic acids is 1. The molecule has 0 bridgehead atoms. The lowest BCUT2D eigenvalue weighted by Crippen LogP contribution is -2.30. The Morgan fingerprint density at radius 3 is 3.00 bits per heavy atom. The minimum atomic E-state index is -0.887. The first-order chi connectivity index (χ1) is 8.70. The molecule has 2 heterocycles. The highest BCUT2D eigenvalue weighted by atomic mass is 32.1. The first-order valence-corrected chi connectivity index (χ1v) is 6.23. The molecule has 0 aliphatic carbocycles. The van der Waals surface area contributed by atoms with Crippen molar-refractivity contribution < 1.29 is 14.4 Å². The number of nitrogens with zero attached hydrogens (tertiary/aromatic N) is 4. The summed E-state index contributed by atoms with van der Waals surface area (Å²) in [4.78, 5) is 12.5. The van der Waals surface area contributed by atoms with E-state index < -0.39 is 5.97 Å². The molecule has 18 heavy (non-hydrogen) atoms. The van der Waals surface area contributed by atoms with E-state index in [0.29, 0.717) is 22.4 Å². The van der Waals surface area contributed by atoms with Gasteiger partial charge in [-0.1, -0.05) is 23.4 Å². The Morgan fingerprint density at radius 2 is 2.39 bits per heavy atom.